The highest BCUT2D eigenvalue weighted by atomic mass is 14.4. The van der Waals surface area contributed by atoms with Gasteiger partial charge in [-0.3, -0.25) is 0 Å². The Hall–Kier alpha value is -0.260. The fraction of sp³-hybridized carbons (Fsp3) is 0.833. The minimum absolute atomic E-state index is 0.626. The van der Waals surface area contributed by atoms with Crippen LogP contribution in [-0.4, -0.2) is 0 Å². The summed E-state index contributed by atoms with van der Waals surface area (Å²) in [6.45, 7) is 4.86. The van der Waals surface area contributed by atoms with Crippen molar-refractivity contribution >= 4 is 0 Å². The van der Waals surface area contributed by atoms with E-state index >= 15 is 0 Å². The maximum atomic E-state index is 2.49. The van der Waals surface area contributed by atoms with Gasteiger partial charge in [0.25, 0.3) is 0 Å². The van der Waals surface area contributed by atoms with Gasteiger partial charge in [0.05, 0.1) is 0 Å². The van der Waals surface area contributed by atoms with Gasteiger partial charge in [0.1, 0.15) is 0 Å². The Balaban J connectivity index is 2.33. The third-order valence-electron chi connectivity index (χ3n) is 3.93. The smallest absolute Gasteiger partial charge is 0.0114 e. The molecule has 2 rings (SSSR count). The highest BCUT2D eigenvalue weighted by molar-refractivity contribution is 5.24. The van der Waals surface area contributed by atoms with Crippen LogP contribution in [0.25, 0.3) is 0 Å². The molecule has 0 spiro atoms. The zero-order valence-electron chi connectivity index (χ0n) is 8.45. The number of hydrogen-bond donors (Lipinski definition) is 0. The third-order valence-corrected chi connectivity index (χ3v) is 3.93. The molecule has 1 atom stereocenters. The van der Waals surface area contributed by atoms with E-state index in [0.29, 0.717) is 5.41 Å². The van der Waals surface area contributed by atoms with Gasteiger partial charge in [-0.05, 0) is 50.9 Å². The van der Waals surface area contributed by atoms with Gasteiger partial charge in [0.2, 0.25) is 0 Å². The average Bonchev–Trinajstić information content (AvgIpc) is 2.36. The Bertz CT molecular complexity index is 212. The lowest BCUT2D eigenvalue weighted by Crippen LogP contribution is -2.12. The van der Waals surface area contributed by atoms with Crippen molar-refractivity contribution in [3.63, 3.8) is 0 Å². The highest BCUT2D eigenvalue weighted by Crippen LogP contribution is 2.49. The first kappa shape index (κ1) is 8.34. The predicted octanol–water partition coefficient (Wildman–Crippen LogP) is 4.07. The van der Waals surface area contributed by atoms with Crippen molar-refractivity contribution < 1.29 is 0 Å². The molecule has 1 saturated carbocycles. The summed E-state index contributed by atoms with van der Waals surface area (Å²) >= 11 is 0. The van der Waals surface area contributed by atoms with Crippen LogP contribution >= 0.6 is 0 Å². The molecule has 2 aliphatic carbocycles. The minimum atomic E-state index is 0.626. The Morgan fingerprint density at radius 2 is 1.75 bits per heavy atom. The molecule has 0 nitrogen and oxygen atoms in total. The largest absolute Gasteiger partial charge is 0.0736 e. The van der Waals surface area contributed by atoms with Crippen LogP contribution in [0, 0.1) is 5.41 Å². The molecule has 0 bridgehead atoms. The first-order chi connectivity index (χ1) is 5.72. The molecule has 0 N–H and O–H groups in total. The van der Waals surface area contributed by atoms with Crippen molar-refractivity contribution in [2.75, 3.05) is 0 Å². The molecule has 0 radical (unpaired) electrons. The zero-order chi connectivity index (χ0) is 8.60. The topological polar surface area (TPSA) is 0 Å². The van der Waals surface area contributed by atoms with Gasteiger partial charge in [0, 0.05) is 0 Å². The van der Waals surface area contributed by atoms with E-state index in [9.17, 15) is 0 Å². The van der Waals surface area contributed by atoms with E-state index < -0.39 is 0 Å². The monoisotopic (exact) mass is 164 g/mol. The second kappa shape index (κ2) is 2.90. The van der Waals surface area contributed by atoms with E-state index in [0.717, 1.165) is 0 Å². The molecule has 2 aliphatic rings. The minimum Gasteiger partial charge on any atom is -0.0736 e. The second-order valence-electron chi connectivity index (χ2n) is 4.88. The van der Waals surface area contributed by atoms with E-state index in [1.807, 2.05) is 5.57 Å². The van der Waals surface area contributed by atoms with Crippen molar-refractivity contribution in [3.05, 3.63) is 11.1 Å². The lowest BCUT2D eigenvalue weighted by atomic mass is 9.80. The van der Waals surface area contributed by atoms with Crippen LogP contribution in [0.1, 0.15) is 58.8 Å². The Morgan fingerprint density at radius 1 is 1.00 bits per heavy atom. The first-order valence-electron chi connectivity index (χ1n) is 5.41. The maximum Gasteiger partial charge on any atom is -0.0114 e. The van der Waals surface area contributed by atoms with Crippen LogP contribution in [0.2, 0.25) is 0 Å². The van der Waals surface area contributed by atoms with Crippen LogP contribution < -0.4 is 0 Å². The van der Waals surface area contributed by atoms with Crippen molar-refractivity contribution in [2.24, 2.45) is 5.41 Å². The molecule has 0 aromatic heterocycles. The molecule has 0 heteroatoms. The Kier molecular flexibility index (Phi) is 2.02. The van der Waals surface area contributed by atoms with E-state index in [4.69, 9.17) is 0 Å². The summed E-state index contributed by atoms with van der Waals surface area (Å²) in [5.74, 6) is 0. The van der Waals surface area contributed by atoms with Gasteiger partial charge < -0.3 is 0 Å². The van der Waals surface area contributed by atoms with Gasteiger partial charge >= 0.3 is 0 Å². The van der Waals surface area contributed by atoms with E-state index in [-0.39, 0.29) is 0 Å². The molecular weight excluding hydrogens is 144 g/mol. The van der Waals surface area contributed by atoms with Crippen LogP contribution in [0.15, 0.2) is 11.1 Å². The molecule has 68 valence electrons. The lowest BCUT2D eigenvalue weighted by Gasteiger charge is -2.25. The van der Waals surface area contributed by atoms with Crippen LogP contribution in [0.5, 0.6) is 0 Å². The van der Waals surface area contributed by atoms with E-state index in [1.54, 1.807) is 5.57 Å². The third kappa shape index (κ3) is 1.22. The molecular formula is C12H20. The fourth-order valence-electron chi connectivity index (χ4n) is 3.17. The SMILES string of the molecule is CC1=C2CCCC2(C)CCCC1. The normalized spacial score (nSPS) is 36.5. The lowest BCUT2D eigenvalue weighted by molar-refractivity contribution is 0.368. The zero-order valence-corrected chi connectivity index (χ0v) is 8.45. The van der Waals surface area contributed by atoms with Gasteiger partial charge in [0.15, 0.2) is 0 Å². The van der Waals surface area contributed by atoms with Gasteiger partial charge in [-0.15, -0.1) is 0 Å². The molecule has 0 saturated heterocycles. The highest BCUT2D eigenvalue weighted by Gasteiger charge is 2.35. The molecule has 1 unspecified atom stereocenters. The number of fused-ring (bicyclic) bond motifs is 1. The average molecular weight is 164 g/mol. The quantitative estimate of drug-likeness (QED) is 0.473. The molecule has 0 aliphatic heterocycles. The van der Waals surface area contributed by atoms with Crippen molar-refractivity contribution in [2.45, 2.75) is 58.8 Å². The summed E-state index contributed by atoms with van der Waals surface area (Å²) in [6.07, 6.45) is 10.0. The van der Waals surface area contributed by atoms with Gasteiger partial charge in [-0.2, -0.15) is 0 Å². The summed E-state index contributed by atoms with van der Waals surface area (Å²) < 4.78 is 0. The van der Waals surface area contributed by atoms with Crippen molar-refractivity contribution in [1.29, 1.82) is 0 Å². The number of allylic oxidation sites excluding steroid dienone is 2. The number of rotatable bonds is 0. The molecule has 12 heavy (non-hydrogen) atoms. The van der Waals surface area contributed by atoms with Gasteiger partial charge in [-0.1, -0.05) is 24.5 Å². The predicted molar refractivity (Wildman–Crippen MR) is 53.1 cm³/mol. The van der Waals surface area contributed by atoms with Crippen LogP contribution in [0.3, 0.4) is 0 Å². The fourth-order valence-corrected chi connectivity index (χ4v) is 3.17. The van der Waals surface area contributed by atoms with Crippen molar-refractivity contribution in [1.82, 2.24) is 0 Å². The summed E-state index contributed by atoms with van der Waals surface area (Å²) in [5, 5.41) is 0. The molecule has 0 amide bonds. The first-order valence-corrected chi connectivity index (χ1v) is 5.41. The number of hydrogen-bond acceptors (Lipinski definition) is 0. The molecule has 0 aromatic rings. The summed E-state index contributed by atoms with van der Waals surface area (Å²) in [5.41, 5.74) is 4.19. The summed E-state index contributed by atoms with van der Waals surface area (Å²) in [4.78, 5) is 0. The maximum absolute atomic E-state index is 2.49. The van der Waals surface area contributed by atoms with Gasteiger partial charge in [-0.25, -0.2) is 0 Å². The van der Waals surface area contributed by atoms with E-state index in [1.165, 1.54) is 44.9 Å². The molecule has 1 fully saturated rings. The molecule has 0 heterocycles. The summed E-state index contributed by atoms with van der Waals surface area (Å²) in [7, 11) is 0. The summed E-state index contributed by atoms with van der Waals surface area (Å²) in [6, 6.07) is 0. The van der Waals surface area contributed by atoms with E-state index in [2.05, 4.69) is 13.8 Å². The van der Waals surface area contributed by atoms with Crippen LogP contribution in [-0.2, 0) is 0 Å². The second-order valence-corrected chi connectivity index (χ2v) is 4.88. The Morgan fingerprint density at radius 3 is 2.58 bits per heavy atom. The standard InChI is InChI=1S/C12H20/c1-10-6-3-4-8-12(2)9-5-7-11(10)12/h3-9H2,1-2H3. The Labute approximate surface area is 76.1 Å². The van der Waals surface area contributed by atoms with Crippen LogP contribution in [0.4, 0.5) is 0 Å². The van der Waals surface area contributed by atoms with Crippen molar-refractivity contribution in [3.8, 4) is 0 Å². The molecule has 0 aromatic carbocycles.